The molecule has 0 bridgehead atoms. The van der Waals surface area contributed by atoms with Crippen molar-refractivity contribution in [2.45, 2.75) is 31.1 Å². The second kappa shape index (κ2) is 8.65. The molecular formula is C17H25BrN2O2. The first-order chi connectivity index (χ1) is 10.7. The number of nitrogens with one attached hydrogen (secondary N) is 2. The molecule has 0 radical (unpaired) electrons. The van der Waals surface area contributed by atoms with Gasteiger partial charge in [0.25, 0.3) is 0 Å². The molecule has 0 aromatic heterocycles. The zero-order valence-electron chi connectivity index (χ0n) is 13.2. The highest BCUT2D eigenvalue weighted by Gasteiger charge is 2.42. The second-order valence-corrected chi connectivity index (χ2v) is 6.71. The summed E-state index contributed by atoms with van der Waals surface area (Å²) in [5, 5.41) is 6.35. The minimum Gasteiger partial charge on any atom is -0.383 e. The van der Waals surface area contributed by atoms with Gasteiger partial charge in [-0.05, 0) is 30.5 Å². The van der Waals surface area contributed by atoms with Crippen LogP contribution in [0.5, 0.6) is 0 Å². The van der Waals surface area contributed by atoms with Crippen LogP contribution < -0.4 is 10.6 Å². The number of amides is 1. The normalized spacial score (nSPS) is 16.6. The molecule has 0 unspecified atom stereocenters. The van der Waals surface area contributed by atoms with E-state index in [1.54, 1.807) is 7.11 Å². The molecular weight excluding hydrogens is 344 g/mol. The molecule has 5 heteroatoms. The lowest BCUT2D eigenvalue weighted by Crippen LogP contribution is -2.44. The van der Waals surface area contributed by atoms with Crippen molar-refractivity contribution in [3.8, 4) is 0 Å². The Morgan fingerprint density at radius 2 is 2.05 bits per heavy atom. The summed E-state index contributed by atoms with van der Waals surface area (Å²) in [6.45, 7) is 2.92. The number of hydrogen-bond acceptors (Lipinski definition) is 3. The predicted molar refractivity (Wildman–Crippen MR) is 92.0 cm³/mol. The lowest BCUT2D eigenvalue weighted by Gasteiger charge is -2.28. The molecule has 1 aromatic carbocycles. The number of ether oxygens (including phenoxy) is 1. The van der Waals surface area contributed by atoms with Crippen molar-refractivity contribution >= 4 is 21.8 Å². The zero-order valence-corrected chi connectivity index (χ0v) is 14.7. The highest BCUT2D eigenvalue weighted by molar-refractivity contribution is 9.10. The largest absolute Gasteiger partial charge is 0.383 e. The van der Waals surface area contributed by atoms with E-state index in [1.165, 1.54) is 0 Å². The van der Waals surface area contributed by atoms with Crippen molar-refractivity contribution in [3.05, 3.63) is 34.3 Å². The molecule has 4 nitrogen and oxygen atoms in total. The van der Waals surface area contributed by atoms with Crippen LogP contribution in [0.1, 0.15) is 31.2 Å². The molecule has 0 spiro atoms. The minimum atomic E-state index is -0.351. The van der Waals surface area contributed by atoms with Crippen LogP contribution in [-0.2, 0) is 14.9 Å². The van der Waals surface area contributed by atoms with Crippen molar-refractivity contribution < 1.29 is 9.53 Å². The van der Waals surface area contributed by atoms with Gasteiger partial charge in [-0.3, -0.25) is 4.79 Å². The molecule has 2 N–H and O–H groups in total. The van der Waals surface area contributed by atoms with E-state index in [0.717, 1.165) is 48.8 Å². The van der Waals surface area contributed by atoms with Crippen molar-refractivity contribution in [3.63, 3.8) is 0 Å². The summed E-state index contributed by atoms with van der Waals surface area (Å²) in [6, 6.07) is 8.18. The van der Waals surface area contributed by atoms with E-state index in [9.17, 15) is 4.79 Å². The molecule has 0 aliphatic heterocycles. The Balaban J connectivity index is 1.94. The van der Waals surface area contributed by atoms with E-state index >= 15 is 0 Å². The van der Waals surface area contributed by atoms with Crippen molar-refractivity contribution in [2.75, 3.05) is 33.4 Å². The van der Waals surface area contributed by atoms with E-state index in [2.05, 4.69) is 38.7 Å². The first kappa shape index (κ1) is 17.4. The number of carbonyl (C=O) groups is 1. The molecule has 1 aliphatic carbocycles. The molecule has 0 heterocycles. The first-order valence-corrected chi connectivity index (χ1v) is 8.72. The van der Waals surface area contributed by atoms with E-state index in [4.69, 9.17) is 4.74 Å². The van der Waals surface area contributed by atoms with E-state index in [1.807, 2.05) is 12.1 Å². The molecule has 0 atom stereocenters. The highest BCUT2D eigenvalue weighted by Crippen LogP contribution is 2.41. The summed E-state index contributed by atoms with van der Waals surface area (Å²) in [5.41, 5.74) is 0.778. The lowest BCUT2D eigenvalue weighted by atomic mass is 9.78. The second-order valence-electron chi connectivity index (χ2n) is 5.80. The van der Waals surface area contributed by atoms with Crippen LogP contribution in [0.15, 0.2) is 28.7 Å². The third-order valence-electron chi connectivity index (χ3n) is 4.34. The van der Waals surface area contributed by atoms with Gasteiger partial charge >= 0.3 is 0 Å². The molecule has 1 amide bonds. The number of hydrogen-bond donors (Lipinski definition) is 2. The lowest BCUT2D eigenvalue weighted by molar-refractivity contribution is -0.126. The molecule has 122 valence electrons. The third kappa shape index (κ3) is 4.31. The maximum Gasteiger partial charge on any atom is 0.230 e. The van der Waals surface area contributed by atoms with Gasteiger partial charge in [-0.1, -0.05) is 40.9 Å². The van der Waals surface area contributed by atoms with E-state index in [0.29, 0.717) is 13.2 Å². The van der Waals surface area contributed by atoms with Crippen LogP contribution in [0, 0.1) is 0 Å². The first-order valence-electron chi connectivity index (χ1n) is 7.93. The van der Waals surface area contributed by atoms with Gasteiger partial charge in [-0.15, -0.1) is 0 Å². The van der Waals surface area contributed by atoms with Crippen molar-refractivity contribution in [2.24, 2.45) is 0 Å². The minimum absolute atomic E-state index is 0.164. The van der Waals surface area contributed by atoms with Gasteiger partial charge in [0, 0.05) is 31.2 Å². The Morgan fingerprint density at radius 1 is 1.27 bits per heavy atom. The van der Waals surface area contributed by atoms with Crippen molar-refractivity contribution in [1.82, 2.24) is 10.6 Å². The summed E-state index contributed by atoms with van der Waals surface area (Å²) >= 11 is 3.52. The molecule has 1 fully saturated rings. The third-order valence-corrected chi connectivity index (χ3v) is 4.83. The molecule has 1 aromatic rings. The van der Waals surface area contributed by atoms with E-state index in [-0.39, 0.29) is 11.3 Å². The number of halogens is 1. The maximum absolute atomic E-state index is 12.8. The monoisotopic (exact) mass is 368 g/mol. The topological polar surface area (TPSA) is 50.4 Å². The number of benzene rings is 1. The van der Waals surface area contributed by atoms with Crippen LogP contribution >= 0.6 is 15.9 Å². The molecule has 22 heavy (non-hydrogen) atoms. The number of rotatable bonds is 8. The van der Waals surface area contributed by atoms with Gasteiger partial charge < -0.3 is 15.4 Å². The average Bonchev–Trinajstić information content (AvgIpc) is 3.01. The smallest absolute Gasteiger partial charge is 0.230 e. The zero-order chi connectivity index (χ0) is 15.8. The van der Waals surface area contributed by atoms with Gasteiger partial charge in [-0.25, -0.2) is 0 Å². The van der Waals surface area contributed by atoms with Crippen LogP contribution in [0.4, 0.5) is 0 Å². The highest BCUT2D eigenvalue weighted by atomic mass is 79.9. The fraction of sp³-hybridized carbons (Fsp3) is 0.588. The summed E-state index contributed by atoms with van der Waals surface area (Å²) < 4.78 is 6.01. The summed E-state index contributed by atoms with van der Waals surface area (Å²) in [5.74, 6) is 0.164. The Morgan fingerprint density at radius 3 is 2.73 bits per heavy atom. The molecule has 0 saturated heterocycles. The van der Waals surface area contributed by atoms with Gasteiger partial charge in [0.05, 0.1) is 12.0 Å². The predicted octanol–water partition coefficient (Wildman–Crippen LogP) is 2.61. The van der Waals surface area contributed by atoms with Crippen LogP contribution in [-0.4, -0.2) is 39.3 Å². The van der Waals surface area contributed by atoms with Crippen LogP contribution in [0.3, 0.4) is 0 Å². The van der Waals surface area contributed by atoms with Crippen molar-refractivity contribution in [1.29, 1.82) is 0 Å². The number of carbonyl (C=O) groups excluding carboxylic acids is 1. The molecule has 2 rings (SSSR count). The Labute approximate surface area is 141 Å². The van der Waals surface area contributed by atoms with E-state index < -0.39 is 0 Å². The van der Waals surface area contributed by atoms with Crippen LogP contribution in [0.2, 0.25) is 0 Å². The van der Waals surface area contributed by atoms with Gasteiger partial charge in [0.2, 0.25) is 5.91 Å². The Kier molecular flexibility index (Phi) is 6.86. The quantitative estimate of drug-likeness (QED) is 0.693. The summed E-state index contributed by atoms with van der Waals surface area (Å²) in [6.07, 6.45) is 4.11. The maximum atomic E-state index is 12.8. The number of methoxy groups -OCH3 is 1. The van der Waals surface area contributed by atoms with Crippen LogP contribution in [0.25, 0.3) is 0 Å². The summed E-state index contributed by atoms with van der Waals surface area (Å²) in [7, 11) is 1.69. The Bertz CT molecular complexity index is 487. The summed E-state index contributed by atoms with van der Waals surface area (Å²) in [4.78, 5) is 12.8. The molecule has 1 saturated carbocycles. The van der Waals surface area contributed by atoms with Gasteiger partial charge in [-0.2, -0.15) is 0 Å². The standard InChI is InChI=1S/C17H25BrN2O2/c1-22-12-11-19-9-10-20-16(21)17(7-2-3-8-17)14-5-4-6-15(18)13-14/h4-6,13,19H,2-3,7-12H2,1H3,(H,20,21). The fourth-order valence-electron chi connectivity index (χ4n) is 3.14. The fourth-order valence-corrected chi connectivity index (χ4v) is 3.54. The SMILES string of the molecule is COCCNCCNC(=O)C1(c2cccc(Br)c2)CCCC1. The molecule has 1 aliphatic rings. The van der Waals surface area contributed by atoms with Gasteiger partial charge in [0.15, 0.2) is 0 Å². The Hall–Kier alpha value is -0.910. The average molecular weight is 369 g/mol. The van der Waals surface area contributed by atoms with Gasteiger partial charge in [0.1, 0.15) is 0 Å².